The Morgan fingerprint density at radius 1 is 1.12 bits per heavy atom. The molecule has 0 amide bonds. The van der Waals surface area contributed by atoms with Crippen molar-refractivity contribution < 1.29 is 4.39 Å². The van der Waals surface area contributed by atoms with Crippen LogP contribution >= 0.6 is 0 Å². The van der Waals surface area contributed by atoms with E-state index in [2.05, 4.69) is 44.3 Å². The second-order valence-electron chi connectivity index (χ2n) is 7.10. The van der Waals surface area contributed by atoms with Crippen LogP contribution < -0.4 is 5.32 Å². The number of hydrogen-bond acceptors (Lipinski definition) is 1. The van der Waals surface area contributed by atoms with Gasteiger partial charge in [0.05, 0.1) is 0 Å². The molecule has 0 radical (unpaired) electrons. The van der Waals surface area contributed by atoms with Crippen LogP contribution in [0.2, 0.25) is 0 Å². The summed E-state index contributed by atoms with van der Waals surface area (Å²) in [5, 5.41) is 3.60. The van der Waals surface area contributed by atoms with E-state index in [1.165, 1.54) is 42.1 Å². The Morgan fingerprint density at radius 2 is 1.88 bits per heavy atom. The standard InChI is InChI=1S/C16H25N.C7H7F/c1-4-6-7-14-11-17-16-9-8-13(5-2)10-15(16)12(14)3;1-6-4-2-3-5-7(6)8/h8-10,12,14,17H,4-7,11H2,1-3H3;2-5H,1H3. The van der Waals surface area contributed by atoms with Crippen molar-refractivity contribution in [1.29, 1.82) is 0 Å². The summed E-state index contributed by atoms with van der Waals surface area (Å²) in [6.07, 6.45) is 5.17. The van der Waals surface area contributed by atoms with Crippen molar-refractivity contribution in [2.45, 2.75) is 59.3 Å². The van der Waals surface area contributed by atoms with Gasteiger partial charge in [-0.25, -0.2) is 4.39 Å². The van der Waals surface area contributed by atoms with Crippen molar-refractivity contribution in [2.24, 2.45) is 5.92 Å². The average Bonchev–Trinajstić information content (AvgIpc) is 2.64. The fourth-order valence-corrected chi connectivity index (χ4v) is 3.41. The van der Waals surface area contributed by atoms with Gasteiger partial charge in [0, 0.05) is 12.2 Å². The Labute approximate surface area is 152 Å². The smallest absolute Gasteiger partial charge is 0.126 e. The lowest BCUT2D eigenvalue weighted by Crippen LogP contribution is -2.26. The van der Waals surface area contributed by atoms with E-state index in [1.807, 2.05) is 6.07 Å². The number of benzene rings is 2. The predicted octanol–water partition coefficient (Wildman–Crippen LogP) is 6.72. The number of halogens is 1. The number of hydrogen-bond donors (Lipinski definition) is 1. The van der Waals surface area contributed by atoms with Crippen molar-refractivity contribution in [3.05, 3.63) is 65.0 Å². The zero-order valence-corrected chi connectivity index (χ0v) is 16.1. The first-order valence-electron chi connectivity index (χ1n) is 9.64. The third kappa shape index (κ3) is 5.32. The molecular formula is C23H32FN. The van der Waals surface area contributed by atoms with Crippen LogP contribution in [0.15, 0.2) is 42.5 Å². The molecule has 2 aromatic carbocycles. The van der Waals surface area contributed by atoms with Crippen LogP contribution in [0.3, 0.4) is 0 Å². The molecule has 1 heterocycles. The molecule has 1 nitrogen and oxygen atoms in total. The summed E-state index contributed by atoms with van der Waals surface area (Å²) in [6.45, 7) is 9.82. The summed E-state index contributed by atoms with van der Waals surface area (Å²) in [5.74, 6) is 1.39. The molecule has 1 aliphatic rings. The molecule has 1 aliphatic heterocycles. The summed E-state index contributed by atoms with van der Waals surface area (Å²) in [7, 11) is 0. The zero-order chi connectivity index (χ0) is 18.2. The van der Waals surface area contributed by atoms with Gasteiger partial charge in [0.2, 0.25) is 0 Å². The SMILES string of the molecule is CCCCC1CNc2ccc(CC)cc2C1C.Cc1ccccc1F. The van der Waals surface area contributed by atoms with Gasteiger partial charge in [-0.15, -0.1) is 0 Å². The van der Waals surface area contributed by atoms with Crippen LogP contribution in [0.25, 0.3) is 0 Å². The van der Waals surface area contributed by atoms with Gasteiger partial charge in [-0.1, -0.05) is 63.9 Å². The molecule has 25 heavy (non-hydrogen) atoms. The molecule has 1 N–H and O–H groups in total. The molecule has 0 saturated heterocycles. The van der Waals surface area contributed by atoms with Crippen molar-refractivity contribution in [1.82, 2.24) is 0 Å². The van der Waals surface area contributed by atoms with Gasteiger partial charge in [0.25, 0.3) is 0 Å². The third-order valence-electron chi connectivity index (χ3n) is 5.28. The highest BCUT2D eigenvalue weighted by Gasteiger charge is 2.25. The molecule has 136 valence electrons. The van der Waals surface area contributed by atoms with Gasteiger partial charge < -0.3 is 5.32 Å². The van der Waals surface area contributed by atoms with E-state index in [4.69, 9.17) is 0 Å². The molecule has 0 saturated carbocycles. The molecule has 2 heteroatoms. The first-order chi connectivity index (χ1) is 12.1. The van der Waals surface area contributed by atoms with Gasteiger partial charge in [-0.05, 0) is 60.4 Å². The molecule has 0 fully saturated rings. The van der Waals surface area contributed by atoms with Gasteiger partial charge in [0.15, 0.2) is 0 Å². The zero-order valence-electron chi connectivity index (χ0n) is 16.1. The Kier molecular flexibility index (Phi) is 7.49. The molecule has 0 aromatic heterocycles. The van der Waals surface area contributed by atoms with E-state index < -0.39 is 0 Å². The highest BCUT2D eigenvalue weighted by molar-refractivity contribution is 5.56. The van der Waals surface area contributed by atoms with E-state index in [9.17, 15) is 4.39 Å². The minimum atomic E-state index is -0.132. The molecule has 0 spiro atoms. The Balaban J connectivity index is 0.000000236. The average molecular weight is 342 g/mol. The van der Waals surface area contributed by atoms with Crippen LogP contribution in [0.4, 0.5) is 10.1 Å². The normalized spacial score (nSPS) is 18.6. The number of anilines is 1. The third-order valence-corrected chi connectivity index (χ3v) is 5.28. The lowest BCUT2D eigenvalue weighted by Gasteiger charge is -2.32. The minimum absolute atomic E-state index is 0.132. The van der Waals surface area contributed by atoms with E-state index in [-0.39, 0.29) is 5.82 Å². The lowest BCUT2D eigenvalue weighted by atomic mass is 9.80. The minimum Gasteiger partial charge on any atom is -0.385 e. The second kappa shape index (κ2) is 9.60. The topological polar surface area (TPSA) is 12.0 Å². The summed E-state index contributed by atoms with van der Waals surface area (Å²) in [6, 6.07) is 13.6. The first kappa shape index (κ1) is 19.5. The van der Waals surface area contributed by atoms with Gasteiger partial charge >= 0.3 is 0 Å². The fourth-order valence-electron chi connectivity index (χ4n) is 3.41. The van der Waals surface area contributed by atoms with Crippen LogP contribution in [-0.2, 0) is 6.42 Å². The molecule has 2 atom stereocenters. The lowest BCUT2D eigenvalue weighted by molar-refractivity contribution is 0.410. The molecule has 2 unspecified atom stereocenters. The maximum Gasteiger partial charge on any atom is 0.126 e. The quantitative estimate of drug-likeness (QED) is 0.651. The van der Waals surface area contributed by atoms with Crippen LogP contribution in [-0.4, -0.2) is 6.54 Å². The Morgan fingerprint density at radius 3 is 2.48 bits per heavy atom. The summed E-state index contributed by atoms with van der Waals surface area (Å²) >= 11 is 0. The second-order valence-corrected chi connectivity index (χ2v) is 7.10. The number of fused-ring (bicyclic) bond motifs is 1. The predicted molar refractivity (Wildman–Crippen MR) is 107 cm³/mol. The summed E-state index contributed by atoms with van der Waals surface area (Å²) in [4.78, 5) is 0. The number of rotatable bonds is 4. The maximum atomic E-state index is 12.3. The number of aryl methyl sites for hydroxylation is 2. The Hall–Kier alpha value is -1.83. The molecule has 0 aliphatic carbocycles. The van der Waals surface area contributed by atoms with E-state index in [0.29, 0.717) is 11.5 Å². The fraction of sp³-hybridized carbons (Fsp3) is 0.478. The van der Waals surface area contributed by atoms with E-state index in [0.717, 1.165) is 18.9 Å². The van der Waals surface area contributed by atoms with Crippen LogP contribution in [0.1, 0.15) is 62.6 Å². The number of nitrogens with one attached hydrogen (secondary N) is 1. The Bertz CT molecular complexity index is 644. The number of unbranched alkanes of at least 4 members (excludes halogenated alkanes) is 1. The maximum absolute atomic E-state index is 12.3. The molecule has 0 bridgehead atoms. The summed E-state index contributed by atoms with van der Waals surface area (Å²) < 4.78 is 12.3. The van der Waals surface area contributed by atoms with Crippen molar-refractivity contribution in [3.8, 4) is 0 Å². The van der Waals surface area contributed by atoms with Gasteiger partial charge in [-0.3, -0.25) is 0 Å². The summed E-state index contributed by atoms with van der Waals surface area (Å²) in [5.41, 5.74) is 5.07. The highest BCUT2D eigenvalue weighted by atomic mass is 19.1. The van der Waals surface area contributed by atoms with E-state index >= 15 is 0 Å². The van der Waals surface area contributed by atoms with Crippen LogP contribution in [0.5, 0.6) is 0 Å². The van der Waals surface area contributed by atoms with Crippen LogP contribution in [0, 0.1) is 18.7 Å². The molecule has 3 rings (SSSR count). The van der Waals surface area contributed by atoms with E-state index in [1.54, 1.807) is 19.1 Å². The van der Waals surface area contributed by atoms with Crippen molar-refractivity contribution >= 4 is 5.69 Å². The van der Waals surface area contributed by atoms with Gasteiger partial charge in [-0.2, -0.15) is 0 Å². The first-order valence-corrected chi connectivity index (χ1v) is 9.64. The molecule has 2 aromatic rings. The van der Waals surface area contributed by atoms with Crippen molar-refractivity contribution in [2.75, 3.05) is 11.9 Å². The van der Waals surface area contributed by atoms with Gasteiger partial charge in [0.1, 0.15) is 5.82 Å². The monoisotopic (exact) mass is 341 g/mol. The largest absolute Gasteiger partial charge is 0.385 e. The highest BCUT2D eigenvalue weighted by Crippen LogP contribution is 2.37. The molecular weight excluding hydrogens is 309 g/mol. The van der Waals surface area contributed by atoms with Crippen molar-refractivity contribution in [3.63, 3.8) is 0 Å².